The molecule has 96 heavy (non-hydrogen) atoms. The molecule has 0 saturated carbocycles. The Kier molecular flexibility index (Phi) is 33.0. The summed E-state index contributed by atoms with van der Waals surface area (Å²) in [6.07, 6.45) is 58.0. The Hall–Kier alpha value is -6.52. The predicted octanol–water partition coefficient (Wildman–Crippen LogP) is 30.8. The van der Waals surface area contributed by atoms with Crippen LogP contribution in [0, 0.1) is 0 Å². The molecule has 0 fully saturated rings. The van der Waals surface area contributed by atoms with Crippen molar-refractivity contribution in [2.24, 2.45) is 0 Å². The fourth-order valence-corrected chi connectivity index (χ4v) is 14.8. The van der Waals surface area contributed by atoms with Crippen LogP contribution in [-0.4, -0.2) is 0 Å². The first-order valence-corrected chi connectivity index (χ1v) is 39.8. The quantitative estimate of drug-likeness (QED) is 0.0216. The molecule has 4 nitrogen and oxygen atoms in total. The minimum absolute atomic E-state index is 0.777. The van der Waals surface area contributed by atoms with Crippen LogP contribution in [0.1, 0.15) is 307 Å². The molecule has 516 valence electrons. The molecule has 0 bridgehead atoms. The zero-order valence-corrected chi connectivity index (χ0v) is 60.6. The van der Waals surface area contributed by atoms with Crippen molar-refractivity contribution in [1.82, 2.24) is 0 Å². The lowest BCUT2D eigenvalue weighted by atomic mass is 9.88. The highest BCUT2D eigenvalue weighted by Gasteiger charge is 2.26. The maximum atomic E-state index is 7.24. The lowest BCUT2D eigenvalue weighted by Crippen LogP contribution is -1.97. The molecule has 0 unspecified atom stereocenters. The molecule has 0 saturated heterocycles. The average molecular weight is 1290 g/mol. The van der Waals surface area contributed by atoms with Crippen molar-refractivity contribution in [2.75, 3.05) is 0 Å². The standard InChI is InChI=1S/C92H124O4/c1-5-9-13-17-21-25-29-33-37-41-45-73-49-61-79(62-50-73)93-83-69-57-77-58-71-85(95-81-65-53-75(54-66-81)47-43-39-35-31-27-23-19-15-11-7-3)91-87(77)89(83)90-84(94-80-63-51-74(52-64-80)46-42-38-34-30-26-22-18-14-10-6-2)70-59-78-60-72-86(92(91)88(78)90)96-82-67-55-76(56-68-82)48-44-40-36-32-28-24-20-16-12-8-4/h49-72H,5-48H2,1-4H3. The largest absolute Gasteiger partial charge is 0.457 e. The summed E-state index contributed by atoms with van der Waals surface area (Å²) in [7, 11) is 0. The van der Waals surface area contributed by atoms with E-state index in [4.69, 9.17) is 18.9 Å². The predicted molar refractivity (Wildman–Crippen MR) is 416 cm³/mol. The molecule has 0 spiro atoms. The minimum Gasteiger partial charge on any atom is -0.457 e. The van der Waals surface area contributed by atoms with E-state index >= 15 is 0 Å². The van der Waals surface area contributed by atoms with E-state index in [0.717, 1.165) is 115 Å². The normalized spacial score (nSPS) is 11.7. The Labute approximate surface area is 582 Å². The van der Waals surface area contributed by atoms with Gasteiger partial charge in [0.05, 0.1) is 0 Å². The Balaban J connectivity index is 1.02. The fourth-order valence-electron chi connectivity index (χ4n) is 14.8. The molecule has 0 N–H and O–H groups in total. The zero-order chi connectivity index (χ0) is 66.5. The van der Waals surface area contributed by atoms with Crippen LogP contribution in [0.4, 0.5) is 0 Å². The van der Waals surface area contributed by atoms with Gasteiger partial charge < -0.3 is 18.9 Å². The summed E-state index contributed by atoms with van der Waals surface area (Å²) in [5.41, 5.74) is 5.44. The van der Waals surface area contributed by atoms with Crippen molar-refractivity contribution in [1.29, 1.82) is 0 Å². The van der Waals surface area contributed by atoms with E-state index in [2.05, 4.69) is 173 Å². The number of hydrogen-bond acceptors (Lipinski definition) is 4. The summed E-state index contributed by atoms with van der Waals surface area (Å²) in [5, 5.41) is 8.27. The van der Waals surface area contributed by atoms with E-state index in [1.807, 2.05) is 0 Å². The number of unbranched alkanes of at least 4 members (excludes halogenated alkanes) is 36. The molecule has 9 aromatic rings. The van der Waals surface area contributed by atoms with Crippen LogP contribution in [0.25, 0.3) is 43.1 Å². The van der Waals surface area contributed by atoms with Crippen LogP contribution >= 0.6 is 0 Å². The van der Waals surface area contributed by atoms with E-state index in [1.54, 1.807) is 0 Å². The Bertz CT molecular complexity index is 3080. The van der Waals surface area contributed by atoms with Crippen molar-refractivity contribution in [3.05, 3.63) is 168 Å². The highest BCUT2D eigenvalue weighted by molar-refractivity contribution is 6.37. The Morgan fingerprint density at radius 3 is 0.510 bits per heavy atom. The van der Waals surface area contributed by atoms with E-state index in [1.165, 1.54) is 279 Å². The average Bonchev–Trinajstić information content (AvgIpc) is 0.700. The summed E-state index contributed by atoms with van der Waals surface area (Å²) in [6, 6.07) is 53.1. The van der Waals surface area contributed by atoms with Crippen LogP contribution in [0.15, 0.2) is 146 Å². The summed E-state index contributed by atoms with van der Waals surface area (Å²) in [4.78, 5) is 0. The van der Waals surface area contributed by atoms with E-state index < -0.39 is 0 Å². The van der Waals surface area contributed by atoms with Crippen LogP contribution in [0.3, 0.4) is 0 Å². The lowest BCUT2D eigenvalue weighted by Gasteiger charge is -2.23. The molecule has 9 rings (SSSR count). The number of rotatable bonds is 52. The summed E-state index contributed by atoms with van der Waals surface area (Å²) >= 11 is 0. The second-order valence-corrected chi connectivity index (χ2v) is 28.7. The number of aryl methyl sites for hydroxylation is 4. The third kappa shape index (κ3) is 23.9. The van der Waals surface area contributed by atoms with Gasteiger partial charge in [0.15, 0.2) is 0 Å². The highest BCUT2D eigenvalue weighted by atomic mass is 16.5. The second kappa shape index (κ2) is 43.0. The molecule has 0 radical (unpaired) electrons. The summed E-state index contributed by atoms with van der Waals surface area (Å²) in [5.74, 6) is 6.37. The van der Waals surface area contributed by atoms with Crippen LogP contribution in [0.5, 0.6) is 46.0 Å². The van der Waals surface area contributed by atoms with Gasteiger partial charge in [-0.25, -0.2) is 0 Å². The van der Waals surface area contributed by atoms with Gasteiger partial charge in [0.25, 0.3) is 0 Å². The Morgan fingerprint density at radius 1 is 0.167 bits per heavy atom. The highest BCUT2D eigenvalue weighted by Crippen LogP contribution is 2.54. The molecule has 0 aliphatic rings. The van der Waals surface area contributed by atoms with Crippen molar-refractivity contribution in [2.45, 2.75) is 310 Å². The number of ether oxygens (including phenoxy) is 4. The van der Waals surface area contributed by atoms with E-state index in [-0.39, 0.29) is 0 Å². The van der Waals surface area contributed by atoms with Gasteiger partial charge in [-0.15, -0.1) is 0 Å². The van der Waals surface area contributed by atoms with Gasteiger partial charge >= 0.3 is 0 Å². The molecular weight excluding hydrogens is 1170 g/mol. The van der Waals surface area contributed by atoms with E-state index in [0.29, 0.717) is 0 Å². The number of hydrogen-bond donors (Lipinski definition) is 0. The lowest BCUT2D eigenvalue weighted by molar-refractivity contribution is 0.482. The molecule has 0 aromatic heterocycles. The zero-order valence-electron chi connectivity index (χ0n) is 60.6. The van der Waals surface area contributed by atoms with Crippen LogP contribution in [-0.2, 0) is 25.7 Å². The van der Waals surface area contributed by atoms with Gasteiger partial charge in [-0.3, -0.25) is 0 Å². The smallest absolute Gasteiger partial charge is 0.136 e. The van der Waals surface area contributed by atoms with Crippen molar-refractivity contribution < 1.29 is 18.9 Å². The van der Waals surface area contributed by atoms with Gasteiger partial charge in [-0.2, -0.15) is 0 Å². The maximum Gasteiger partial charge on any atom is 0.136 e. The minimum atomic E-state index is 0.777. The van der Waals surface area contributed by atoms with Gasteiger partial charge in [0.2, 0.25) is 0 Å². The molecule has 4 heteroatoms. The van der Waals surface area contributed by atoms with Gasteiger partial charge in [0.1, 0.15) is 46.0 Å². The van der Waals surface area contributed by atoms with Gasteiger partial charge in [0, 0.05) is 32.3 Å². The van der Waals surface area contributed by atoms with Crippen LogP contribution in [0.2, 0.25) is 0 Å². The second-order valence-electron chi connectivity index (χ2n) is 28.7. The maximum absolute atomic E-state index is 7.24. The monoisotopic (exact) mass is 1290 g/mol. The first-order chi connectivity index (χ1) is 47.5. The first-order valence-electron chi connectivity index (χ1n) is 39.8. The molecule has 0 amide bonds. The number of benzene rings is 9. The number of fused-ring (bicyclic) bond motifs is 2. The molecule has 0 heterocycles. The third-order valence-corrected chi connectivity index (χ3v) is 20.6. The fraction of sp³-hybridized carbons (Fsp3) is 0.522. The molecule has 0 aliphatic carbocycles. The van der Waals surface area contributed by atoms with Crippen molar-refractivity contribution in [3.8, 4) is 46.0 Å². The van der Waals surface area contributed by atoms with Crippen molar-refractivity contribution in [3.63, 3.8) is 0 Å². The SMILES string of the molecule is CCCCCCCCCCCCc1ccc(Oc2ccc3ccc(Oc4ccc(CCCCCCCCCCCC)cc4)c4c5c(Oc6ccc(CCCCCCCCCCCC)cc6)ccc6ccc(Oc7ccc(CCCCCCCCCCCC)cc7)c(c2c34)c65)cc1. The molecular formula is C92H124O4. The van der Waals surface area contributed by atoms with Crippen LogP contribution < -0.4 is 18.9 Å². The first kappa shape index (κ1) is 73.7. The third-order valence-electron chi connectivity index (χ3n) is 20.6. The van der Waals surface area contributed by atoms with Crippen molar-refractivity contribution >= 4 is 43.1 Å². The molecule has 0 aliphatic heterocycles. The van der Waals surface area contributed by atoms with Gasteiger partial charge in [-0.1, -0.05) is 332 Å². The summed E-state index contributed by atoms with van der Waals surface area (Å²) in [6.45, 7) is 9.20. The molecule has 0 atom stereocenters. The summed E-state index contributed by atoms with van der Waals surface area (Å²) < 4.78 is 29.0. The topological polar surface area (TPSA) is 36.9 Å². The van der Waals surface area contributed by atoms with E-state index in [9.17, 15) is 0 Å². The molecule has 9 aromatic carbocycles. The Morgan fingerprint density at radius 2 is 0.333 bits per heavy atom. The van der Waals surface area contributed by atoms with Gasteiger partial charge in [-0.05, 0) is 157 Å².